The molecule has 0 spiro atoms. The average molecular weight is 389 g/mol. The van der Waals surface area contributed by atoms with Crippen LogP contribution < -0.4 is 11.5 Å². The number of carboxylic acids is 1. The van der Waals surface area contributed by atoms with Crippen molar-refractivity contribution in [3.63, 3.8) is 0 Å². The minimum atomic E-state index is -3.91. The van der Waals surface area contributed by atoms with E-state index in [-0.39, 0.29) is 27.6 Å². The van der Waals surface area contributed by atoms with E-state index in [2.05, 4.69) is 0 Å². The van der Waals surface area contributed by atoms with Gasteiger partial charge in [0.25, 0.3) is 0 Å². The second-order valence-electron chi connectivity index (χ2n) is 6.52. The Morgan fingerprint density at radius 1 is 1.11 bits per heavy atom. The summed E-state index contributed by atoms with van der Waals surface area (Å²) < 4.78 is 26.6. The summed E-state index contributed by atoms with van der Waals surface area (Å²) in [6.45, 7) is 5.49. The zero-order valence-electron chi connectivity index (χ0n) is 15.4. The van der Waals surface area contributed by atoms with E-state index in [1.165, 1.54) is 18.2 Å². The molecular weight excluding hydrogens is 366 g/mol. The van der Waals surface area contributed by atoms with Crippen molar-refractivity contribution in [3.05, 3.63) is 58.1 Å². The molecule has 0 amide bonds. The Balaban J connectivity index is 2.70. The fraction of sp³-hybridized carbons (Fsp3) is 0.263. The van der Waals surface area contributed by atoms with E-state index in [1.54, 1.807) is 19.1 Å². The van der Waals surface area contributed by atoms with Crippen LogP contribution in [0.25, 0.3) is 0 Å². The first kappa shape index (κ1) is 20.6. The van der Waals surface area contributed by atoms with Crippen molar-refractivity contribution in [1.29, 1.82) is 5.41 Å². The Morgan fingerprint density at radius 3 is 2.26 bits per heavy atom. The van der Waals surface area contributed by atoms with Crippen LogP contribution in [-0.4, -0.2) is 31.4 Å². The molecule has 1 atom stereocenters. The summed E-state index contributed by atoms with van der Waals surface area (Å²) in [5.41, 5.74) is 14.1. The summed E-state index contributed by atoms with van der Waals surface area (Å²) in [6.07, 6.45) is -0.199. The third kappa shape index (κ3) is 4.01. The number of nitrogens with one attached hydrogen (secondary N) is 1. The van der Waals surface area contributed by atoms with Gasteiger partial charge in [-0.2, -0.15) is 0 Å². The predicted octanol–water partition coefficient (Wildman–Crippen LogP) is 1.68. The van der Waals surface area contributed by atoms with E-state index in [0.717, 1.165) is 11.1 Å². The van der Waals surface area contributed by atoms with Crippen LogP contribution in [0.15, 0.2) is 40.1 Å². The summed E-state index contributed by atoms with van der Waals surface area (Å²) >= 11 is 0. The van der Waals surface area contributed by atoms with E-state index in [0.29, 0.717) is 11.1 Å². The van der Waals surface area contributed by atoms with Crippen molar-refractivity contribution in [2.75, 3.05) is 0 Å². The number of carboxylic acid groups (broad SMARTS) is 1. The number of aliphatic carboxylic acids is 1. The predicted molar refractivity (Wildman–Crippen MR) is 103 cm³/mol. The van der Waals surface area contributed by atoms with Gasteiger partial charge < -0.3 is 16.6 Å². The lowest BCUT2D eigenvalue weighted by molar-refractivity contribution is -0.138. The van der Waals surface area contributed by atoms with Crippen molar-refractivity contribution >= 4 is 21.6 Å². The maximum Gasteiger partial charge on any atom is 0.320 e. The highest BCUT2D eigenvalue weighted by Gasteiger charge is 2.26. The van der Waals surface area contributed by atoms with Gasteiger partial charge in [-0.3, -0.25) is 10.2 Å². The molecule has 144 valence electrons. The van der Waals surface area contributed by atoms with Gasteiger partial charge in [0.2, 0.25) is 9.84 Å². The molecule has 27 heavy (non-hydrogen) atoms. The van der Waals surface area contributed by atoms with Gasteiger partial charge >= 0.3 is 5.97 Å². The maximum atomic E-state index is 13.3. The molecule has 0 heterocycles. The first-order chi connectivity index (χ1) is 12.5. The molecule has 2 aromatic rings. The summed E-state index contributed by atoms with van der Waals surface area (Å²) in [5, 5.41) is 16.7. The Bertz CT molecular complexity index is 1030. The van der Waals surface area contributed by atoms with Gasteiger partial charge in [-0.15, -0.1) is 0 Å². The zero-order valence-corrected chi connectivity index (χ0v) is 16.2. The number of aryl methyl sites for hydroxylation is 1. The molecular formula is C19H23N3O4S. The van der Waals surface area contributed by atoms with Crippen LogP contribution in [-0.2, 0) is 21.1 Å². The minimum Gasteiger partial charge on any atom is -0.480 e. The number of sulfone groups is 1. The highest BCUT2D eigenvalue weighted by Crippen LogP contribution is 2.30. The molecule has 0 aliphatic rings. The Kier molecular flexibility index (Phi) is 5.72. The molecule has 0 aliphatic heterocycles. The lowest BCUT2D eigenvalue weighted by Gasteiger charge is -2.17. The summed E-state index contributed by atoms with van der Waals surface area (Å²) in [6, 6.07) is 6.21. The Hall–Kier alpha value is -2.71. The van der Waals surface area contributed by atoms with Crippen LogP contribution in [0.1, 0.15) is 27.8 Å². The maximum absolute atomic E-state index is 13.3. The van der Waals surface area contributed by atoms with Crippen LogP contribution in [0, 0.1) is 26.2 Å². The topological polar surface area (TPSA) is 147 Å². The molecule has 0 fully saturated rings. The van der Waals surface area contributed by atoms with Gasteiger partial charge in [0, 0.05) is 5.56 Å². The largest absolute Gasteiger partial charge is 0.480 e. The van der Waals surface area contributed by atoms with Crippen molar-refractivity contribution in [3.8, 4) is 0 Å². The number of hydrogen-bond acceptors (Lipinski definition) is 5. The van der Waals surface area contributed by atoms with Gasteiger partial charge in [0.15, 0.2) is 0 Å². The summed E-state index contributed by atoms with van der Waals surface area (Å²) in [4.78, 5) is 11.3. The standard InChI is InChI=1S/C19H23N3O4S/c1-10-4-6-16(12(3)11(10)2)27(25,26)17-7-5-13(18(21)22)8-14(17)9-15(20)19(23)24/h4-8,15H,9,20H2,1-3H3,(H3,21,22)(H,23,24)/t15-/m0/s1. The molecule has 0 saturated carbocycles. The lowest BCUT2D eigenvalue weighted by atomic mass is 10.0. The first-order valence-electron chi connectivity index (χ1n) is 8.24. The van der Waals surface area contributed by atoms with Crippen LogP contribution in [0.4, 0.5) is 0 Å². The number of amidine groups is 1. The van der Waals surface area contributed by atoms with Gasteiger partial charge in [-0.1, -0.05) is 6.07 Å². The number of rotatable bonds is 6. The van der Waals surface area contributed by atoms with E-state index >= 15 is 0 Å². The van der Waals surface area contributed by atoms with Crippen molar-refractivity contribution in [1.82, 2.24) is 0 Å². The van der Waals surface area contributed by atoms with E-state index < -0.39 is 21.8 Å². The molecule has 7 nitrogen and oxygen atoms in total. The van der Waals surface area contributed by atoms with E-state index in [4.69, 9.17) is 22.0 Å². The molecule has 0 radical (unpaired) electrons. The average Bonchev–Trinajstić information content (AvgIpc) is 2.59. The number of carbonyl (C=O) groups is 1. The molecule has 2 rings (SSSR count). The van der Waals surface area contributed by atoms with E-state index in [1.807, 2.05) is 13.8 Å². The lowest BCUT2D eigenvalue weighted by Crippen LogP contribution is -2.33. The molecule has 0 unspecified atom stereocenters. The van der Waals surface area contributed by atoms with Gasteiger partial charge in [0.05, 0.1) is 9.79 Å². The summed E-state index contributed by atoms with van der Waals surface area (Å²) in [7, 11) is -3.91. The third-order valence-electron chi connectivity index (χ3n) is 4.72. The normalized spacial score (nSPS) is 12.6. The van der Waals surface area contributed by atoms with Crippen molar-refractivity contribution in [2.24, 2.45) is 11.5 Å². The smallest absolute Gasteiger partial charge is 0.320 e. The van der Waals surface area contributed by atoms with Crippen molar-refractivity contribution in [2.45, 2.75) is 43.0 Å². The highest BCUT2D eigenvalue weighted by atomic mass is 32.2. The molecule has 6 N–H and O–H groups in total. The minimum absolute atomic E-state index is 0.0319. The number of benzene rings is 2. The Labute approximate surface area is 158 Å². The molecule has 0 bridgehead atoms. The van der Waals surface area contributed by atoms with Gasteiger partial charge in [0.1, 0.15) is 11.9 Å². The number of nitrogens with two attached hydrogens (primary N) is 2. The van der Waals surface area contributed by atoms with Crippen LogP contribution in [0.2, 0.25) is 0 Å². The second kappa shape index (κ2) is 7.50. The highest BCUT2D eigenvalue weighted by molar-refractivity contribution is 7.91. The number of hydrogen-bond donors (Lipinski definition) is 4. The zero-order chi connectivity index (χ0) is 20.5. The second-order valence-corrected chi connectivity index (χ2v) is 8.41. The quantitative estimate of drug-likeness (QED) is 0.436. The van der Waals surface area contributed by atoms with Crippen LogP contribution >= 0.6 is 0 Å². The molecule has 0 aromatic heterocycles. The SMILES string of the molecule is Cc1ccc(S(=O)(=O)c2ccc(C(=N)N)cc2C[C@H](N)C(=O)O)c(C)c1C. The Morgan fingerprint density at radius 2 is 1.70 bits per heavy atom. The van der Waals surface area contributed by atoms with Gasteiger partial charge in [-0.05, 0) is 73.7 Å². The van der Waals surface area contributed by atoms with Gasteiger partial charge in [-0.25, -0.2) is 8.42 Å². The fourth-order valence-electron chi connectivity index (χ4n) is 2.83. The van der Waals surface area contributed by atoms with E-state index in [9.17, 15) is 13.2 Å². The third-order valence-corrected chi connectivity index (χ3v) is 6.71. The van der Waals surface area contributed by atoms with Crippen LogP contribution in [0.5, 0.6) is 0 Å². The first-order valence-corrected chi connectivity index (χ1v) is 9.72. The van der Waals surface area contributed by atoms with Crippen molar-refractivity contribution < 1.29 is 18.3 Å². The number of nitrogen functional groups attached to an aromatic ring is 1. The molecule has 2 aromatic carbocycles. The monoisotopic (exact) mass is 389 g/mol. The molecule has 0 aliphatic carbocycles. The molecule has 0 saturated heterocycles. The van der Waals surface area contributed by atoms with Crippen LogP contribution in [0.3, 0.4) is 0 Å². The molecule has 8 heteroatoms. The summed E-state index contributed by atoms with van der Waals surface area (Å²) in [5.74, 6) is -1.49. The fourth-order valence-corrected chi connectivity index (χ4v) is 4.61.